The Bertz CT molecular complexity index is 1020. The Morgan fingerprint density at radius 2 is 1.84 bits per heavy atom. The Morgan fingerprint density at radius 1 is 1.12 bits per heavy atom. The van der Waals surface area contributed by atoms with E-state index >= 15 is 0 Å². The van der Waals surface area contributed by atoms with Gasteiger partial charge in [-0.3, -0.25) is 4.99 Å². The Morgan fingerprint density at radius 3 is 2.56 bits per heavy atom. The van der Waals surface area contributed by atoms with Crippen LogP contribution in [0.25, 0.3) is 11.0 Å². The Kier molecular flexibility index (Phi) is 10.2. The molecule has 0 aliphatic carbocycles. The van der Waals surface area contributed by atoms with E-state index in [2.05, 4.69) is 75.4 Å². The Labute approximate surface area is 208 Å². The first-order valence-corrected chi connectivity index (χ1v) is 10.7. The van der Waals surface area contributed by atoms with Crippen molar-refractivity contribution < 1.29 is 4.74 Å². The lowest BCUT2D eigenvalue weighted by molar-refractivity contribution is 0.287. The summed E-state index contributed by atoms with van der Waals surface area (Å²) in [5, 5.41) is 6.89. The van der Waals surface area contributed by atoms with Gasteiger partial charge in [-0.15, -0.1) is 24.0 Å². The van der Waals surface area contributed by atoms with E-state index < -0.39 is 0 Å². The topological polar surface area (TPSA) is 66.7 Å². The van der Waals surface area contributed by atoms with E-state index in [1.165, 1.54) is 5.52 Å². The van der Waals surface area contributed by atoms with Gasteiger partial charge in [-0.2, -0.15) is 0 Å². The summed E-state index contributed by atoms with van der Waals surface area (Å²) in [7, 11) is 7.67. The molecule has 8 heteroatoms. The molecule has 3 rings (SSSR count). The first-order chi connectivity index (χ1) is 15.0. The van der Waals surface area contributed by atoms with Crippen molar-refractivity contribution in [1.29, 1.82) is 0 Å². The lowest BCUT2D eigenvalue weighted by atomic mass is 10.0. The minimum absolute atomic E-state index is 0. The van der Waals surface area contributed by atoms with Crippen LogP contribution in [-0.2, 0) is 6.54 Å². The number of benzene rings is 2. The van der Waals surface area contributed by atoms with E-state index in [1.54, 1.807) is 14.2 Å². The van der Waals surface area contributed by atoms with E-state index in [0.717, 1.165) is 54.7 Å². The molecule has 0 spiro atoms. The molecule has 7 nitrogen and oxygen atoms in total. The molecule has 32 heavy (non-hydrogen) atoms. The van der Waals surface area contributed by atoms with E-state index in [1.807, 2.05) is 24.3 Å². The number of fused-ring (bicyclic) bond motifs is 1. The largest absolute Gasteiger partial charge is 0.496 e. The molecule has 2 N–H and O–H groups in total. The van der Waals surface area contributed by atoms with Crippen LogP contribution in [0, 0.1) is 6.92 Å². The number of ether oxygens (including phenoxy) is 1. The van der Waals surface area contributed by atoms with Crippen LogP contribution in [0.15, 0.2) is 53.5 Å². The summed E-state index contributed by atoms with van der Waals surface area (Å²) in [5.74, 6) is 2.75. The fourth-order valence-corrected chi connectivity index (χ4v) is 3.85. The van der Waals surface area contributed by atoms with Crippen molar-refractivity contribution in [2.45, 2.75) is 25.9 Å². The molecule has 174 valence electrons. The fraction of sp³-hybridized carbons (Fsp3) is 0.417. The second-order valence-electron chi connectivity index (χ2n) is 7.75. The number of imidazole rings is 1. The average Bonchev–Trinajstić information content (AvgIpc) is 3.10. The van der Waals surface area contributed by atoms with Crippen molar-refractivity contribution >= 4 is 41.0 Å². The van der Waals surface area contributed by atoms with E-state index in [9.17, 15) is 0 Å². The van der Waals surface area contributed by atoms with Gasteiger partial charge in [-0.05, 0) is 45.6 Å². The highest BCUT2D eigenvalue weighted by Gasteiger charge is 2.18. The number of aliphatic imine (C=N–C) groups is 1. The molecule has 2 aromatic carbocycles. The monoisotopic (exact) mass is 550 g/mol. The number of aryl methyl sites for hydroxylation is 2. The highest BCUT2D eigenvalue weighted by molar-refractivity contribution is 14.0. The van der Waals surface area contributed by atoms with Crippen LogP contribution in [0.2, 0.25) is 0 Å². The highest BCUT2D eigenvalue weighted by Crippen LogP contribution is 2.27. The molecule has 0 aliphatic rings. The highest BCUT2D eigenvalue weighted by atomic mass is 127. The predicted molar refractivity (Wildman–Crippen MR) is 143 cm³/mol. The molecule has 0 bridgehead atoms. The Hall–Kier alpha value is -2.33. The number of guanidine groups is 1. The molecular weight excluding hydrogens is 515 g/mol. The maximum atomic E-state index is 5.56. The number of nitrogens with one attached hydrogen (secondary N) is 2. The second-order valence-corrected chi connectivity index (χ2v) is 7.75. The number of nitrogens with zero attached hydrogens (tertiary/aromatic N) is 4. The van der Waals surface area contributed by atoms with Crippen molar-refractivity contribution in [3.63, 3.8) is 0 Å². The summed E-state index contributed by atoms with van der Waals surface area (Å²) in [6.07, 6.45) is 0.978. The van der Waals surface area contributed by atoms with Gasteiger partial charge in [0, 0.05) is 32.2 Å². The molecular formula is C24H35IN6O. The first-order valence-electron chi connectivity index (χ1n) is 10.7. The van der Waals surface area contributed by atoms with Gasteiger partial charge in [0.05, 0.1) is 24.2 Å². The lowest BCUT2D eigenvalue weighted by Gasteiger charge is -2.27. The van der Waals surface area contributed by atoms with Crippen molar-refractivity contribution in [3.05, 3.63) is 59.9 Å². The molecule has 0 aliphatic heterocycles. The van der Waals surface area contributed by atoms with Crippen molar-refractivity contribution in [2.24, 2.45) is 4.99 Å². The van der Waals surface area contributed by atoms with Crippen LogP contribution >= 0.6 is 24.0 Å². The SMILES string of the molecule is CN=C(NCCCn1c(C)nc2ccccc21)NCC(c1ccccc1OC)N(C)C.I. The third-order valence-corrected chi connectivity index (χ3v) is 5.50. The van der Waals surface area contributed by atoms with Crippen LogP contribution in [0.3, 0.4) is 0 Å². The molecule has 0 fully saturated rings. The minimum atomic E-state index is 0. The molecule has 1 aromatic heterocycles. The predicted octanol–water partition coefficient (Wildman–Crippen LogP) is 3.83. The molecule has 3 aromatic rings. The van der Waals surface area contributed by atoms with Crippen LogP contribution in [0.1, 0.15) is 23.9 Å². The summed E-state index contributed by atoms with van der Waals surface area (Å²) in [4.78, 5) is 11.2. The van der Waals surface area contributed by atoms with Crippen LogP contribution in [0.4, 0.5) is 0 Å². The van der Waals surface area contributed by atoms with E-state index in [4.69, 9.17) is 4.74 Å². The number of hydrogen-bond donors (Lipinski definition) is 2. The zero-order valence-corrected chi connectivity index (χ0v) is 22.0. The molecule has 1 atom stereocenters. The number of methoxy groups -OCH3 is 1. The Balaban J connectivity index is 0.00000363. The molecule has 1 heterocycles. The van der Waals surface area contributed by atoms with Crippen LogP contribution < -0.4 is 15.4 Å². The standard InChI is InChI=1S/C24H34N6O.HI/c1-18-28-20-12-7-8-13-21(20)30(18)16-10-15-26-24(25-2)27-17-22(29(3)4)19-11-6-9-14-23(19)31-5;/h6-9,11-14,22H,10,15-17H2,1-5H3,(H2,25,26,27);1H. The summed E-state index contributed by atoms with van der Waals surface area (Å²) in [5.41, 5.74) is 3.39. The van der Waals surface area contributed by atoms with Crippen LogP contribution in [-0.4, -0.2) is 61.8 Å². The molecule has 0 radical (unpaired) electrons. The van der Waals surface area contributed by atoms with Gasteiger partial charge in [0.2, 0.25) is 0 Å². The van der Waals surface area contributed by atoms with Gasteiger partial charge >= 0.3 is 0 Å². The lowest BCUT2D eigenvalue weighted by Crippen LogP contribution is -2.42. The van der Waals surface area contributed by atoms with E-state index in [0.29, 0.717) is 0 Å². The van der Waals surface area contributed by atoms with Gasteiger partial charge in [-0.1, -0.05) is 30.3 Å². The molecule has 1 unspecified atom stereocenters. The van der Waals surface area contributed by atoms with Crippen LogP contribution in [0.5, 0.6) is 5.75 Å². The quantitative estimate of drug-likeness (QED) is 0.184. The van der Waals surface area contributed by atoms with Gasteiger partial charge in [0.1, 0.15) is 11.6 Å². The molecule has 0 saturated heterocycles. The third kappa shape index (κ3) is 6.35. The zero-order valence-electron chi connectivity index (χ0n) is 19.6. The second kappa shape index (κ2) is 12.6. The van der Waals surface area contributed by atoms with Gasteiger partial charge in [0.25, 0.3) is 0 Å². The van der Waals surface area contributed by atoms with Gasteiger partial charge in [-0.25, -0.2) is 4.98 Å². The van der Waals surface area contributed by atoms with Crippen molar-refractivity contribution in [1.82, 2.24) is 25.1 Å². The third-order valence-electron chi connectivity index (χ3n) is 5.50. The minimum Gasteiger partial charge on any atom is -0.496 e. The number of aromatic nitrogens is 2. The normalized spacial score (nSPS) is 12.5. The van der Waals surface area contributed by atoms with Gasteiger partial charge in [0.15, 0.2) is 5.96 Å². The summed E-state index contributed by atoms with van der Waals surface area (Å²) in [6, 6.07) is 16.6. The fourth-order valence-electron chi connectivity index (χ4n) is 3.85. The number of halogens is 1. The summed E-state index contributed by atoms with van der Waals surface area (Å²) < 4.78 is 7.83. The molecule has 0 saturated carbocycles. The number of para-hydroxylation sites is 3. The van der Waals surface area contributed by atoms with Crippen molar-refractivity contribution in [2.75, 3.05) is 41.3 Å². The molecule has 0 amide bonds. The summed E-state index contributed by atoms with van der Waals surface area (Å²) in [6.45, 7) is 4.52. The zero-order chi connectivity index (χ0) is 22.2. The maximum Gasteiger partial charge on any atom is 0.191 e. The maximum absolute atomic E-state index is 5.56. The van der Waals surface area contributed by atoms with Crippen molar-refractivity contribution in [3.8, 4) is 5.75 Å². The smallest absolute Gasteiger partial charge is 0.191 e. The first kappa shape index (κ1) is 25.9. The van der Waals surface area contributed by atoms with E-state index in [-0.39, 0.29) is 30.0 Å². The average molecular weight is 550 g/mol. The van der Waals surface area contributed by atoms with Gasteiger partial charge < -0.3 is 24.8 Å². The number of hydrogen-bond acceptors (Lipinski definition) is 4. The number of rotatable bonds is 9. The summed E-state index contributed by atoms with van der Waals surface area (Å²) >= 11 is 0. The number of likely N-dealkylation sites (N-methyl/N-ethyl adjacent to an activating group) is 1.